The highest BCUT2D eigenvalue weighted by Gasteiger charge is 2.34. The zero-order valence-corrected chi connectivity index (χ0v) is 90.5. The summed E-state index contributed by atoms with van der Waals surface area (Å²) in [5, 5.41) is 34.3. The summed E-state index contributed by atoms with van der Waals surface area (Å²) in [6.45, 7) is 33.4. The molecule has 0 amide bonds. The van der Waals surface area contributed by atoms with Gasteiger partial charge in [-0.3, -0.25) is 62.3 Å². The standard InChI is InChI=1S/2C23H26O4.C16H14O2.2C12H23NO3.2C9H19NO2.C8H17NO2.C2H3BrO2/c2*1-15(2)11-16(12-22(24)25)13-23(26)27-14-21-19-9-5-3-7-17(19)18-8-4-6-10-20(18)21;1-11(17)18-10-16-14-8-4-2-6-12(14)13-7-3-5-9-15(13)16;2*1-9(2)6-10(7-12(15)16-3)4-5-11(14)8-13;2*1-7(2)4-8(6-10)5-9(11)12-3;1-6(2)3-7(5-9)4-8(10)11;3-1-2(4)5/h2*3-10,15-16,21H,11-14H2,1-2H3,(H,24,25);2-9,16H,10H2,1H3;2*9-10H,4-8,13H2,1-3H3;2*7-8H,4-6,10H2,1-3H3;6-7H,3-5,9H2,1-2H3,(H,10,11);1H2,(H,4,5)/t2*16-;;2*10-;2*8-;7-;/m00.00000./s1. The molecule has 7 atom stereocenters. The lowest BCUT2D eigenvalue weighted by atomic mass is 9.89. The molecule has 0 saturated heterocycles. The molecule has 0 aliphatic heterocycles. The first-order chi connectivity index (χ1) is 68.2. The number of carboxylic acids is 4. The van der Waals surface area contributed by atoms with Gasteiger partial charge >= 0.3 is 65.7 Å². The molecule has 0 unspecified atom stereocenters. The number of halogens is 1. The van der Waals surface area contributed by atoms with Crippen LogP contribution in [0.25, 0.3) is 33.4 Å². The fraction of sp³-hybridized carbons (Fsp3) is 0.570. The van der Waals surface area contributed by atoms with Crippen molar-refractivity contribution in [1.82, 2.24) is 0 Å². The topological polar surface area (TPSA) is 498 Å². The van der Waals surface area contributed by atoms with Gasteiger partial charge in [0.15, 0.2) is 0 Å². The van der Waals surface area contributed by atoms with Gasteiger partial charge in [-0.25, -0.2) is 0 Å². The third-order valence-corrected chi connectivity index (χ3v) is 24.5. The molecule has 0 saturated carbocycles. The van der Waals surface area contributed by atoms with Crippen molar-refractivity contribution in [2.45, 2.75) is 250 Å². The van der Waals surface area contributed by atoms with Crippen LogP contribution < -0.4 is 28.7 Å². The molecule has 6 aromatic rings. The molecule has 0 bridgehead atoms. The molecule has 0 radical (unpaired) electrons. The number of aliphatic carboxylic acids is 4. The Hall–Kier alpha value is -10.9. The molecule has 802 valence electrons. The van der Waals surface area contributed by atoms with Gasteiger partial charge in [-0.2, -0.15) is 0 Å². The second-order valence-corrected chi connectivity index (χ2v) is 40.5. The van der Waals surface area contributed by atoms with Crippen LogP contribution in [-0.4, -0.2) is 184 Å². The maximum absolute atomic E-state index is 12.4. The minimum absolute atomic E-state index is 0.00236. The largest absolute Gasteiger partial charge is 0.481 e. The summed E-state index contributed by atoms with van der Waals surface area (Å²) >= 11 is 2.71. The third kappa shape index (κ3) is 55.4. The Morgan fingerprint density at radius 2 is 0.465 bits per heavy atom. The zero-order valence-electron chi connectivity index (χ0n) is 88.9. The molecule has 6 aromatic carbocycles. The first kappa shape index (κ1) is 131. The van der Waals surface area contributed by atoms with Gasteiger partial charge in [-0.15, -0.1) is 0 Å². The van der Waals surface area contributed by atoms with Crippen molar-refractivity contribution in [1.29, 1.82) is 0 Å². The number of carboxylic acid groups (broad SMARTS) is 4. The van der Waals surface area contributed by atoms with E-state index in [-0.39, 0.29) is 176 Å². The number of methoxy groups -OCH3 is 4. The fourth-order valence-corrected chi connectivity index (χ4v) is 18.0. The van der Waals surface area contributed by atoms with Crippen molar-refractivity contribution < 1.29 is 116 Å². The van der Waals surface area contributed by atoms with E-state index in [1.807, 2.05) is 100 Å². The molecular weight excluding hydrogens is 1900 g/mol. The summed E-state index contributed by atoms with van der Waals surface area (Å²) in [6, 6.07) is 49.5. The van der Waals surface area contributed by atoms with E-state index in [9.17, 15) is 62.3 Å². The number of rotatable bonds is 50. The summed E-state index contributed by atoms with van der Waals surface area (Å²) in [6.07, 6.45) is 10.8. The minimum Gasteiger partial charge on any atom is -0.481 e. The maximum Gasteiger partial charge on any atom is 0.314 e. The zero-order chi connectivity index (χ0) is 109. The van der Waals surface area contributed by atoms with E-state index in [1.54, 1.807) is 0 Å². The van der Waals surface area contributed by atoms with Crippen LogP contribution in [0.15, 0.2) is 146 Å². The van der Waals surface area contributed by atoms with Crippen molar-refractivity contribution in [3.05, 3.63) is 179 Å². The molecule has 0 aromatic heterocycles. The molecule has 9 rings (SSSR count). The Balaban J connectivity index is 0.000000835. The predicted octanol–water partition coefficient (Wildman–Crippen LogP) is 20.0. The highest BCUT2D eigenvalue weighted by atomic mass is 79.9. The molecule has 3 aliphatic rings. The molecular formula is C114H170BrN5O24. The van der Waals surface area contributed by atoms with E-state index in [1.165, 1.54) is 102 Å². The first-order valence-corrected chi connectivity index (χ1v) is 51.5. The Bertz CT molecular complexity index is 4460. The number of alkyl halides is 1. The van der Waals surface area contributed by atoms with Crippen LogP contribution in [0.1, 0.15) is 283 Å². The number of hydrogen-bond donors (Lipinski definition) is 9. The van der Waals surface area contributed by atoms with E-state index in [4.69, 9.17) is 63.3 Å². The van der Waals surface area contributed by atoms with Crippen molar-refractivity contribution in [3.63, 3.8) is 0 Å². The fourth-order valence-electron chi connectivity index (χ4n) is 18.0. The van der Waals surface area contributed by atoms with Crippen molar-refractivity contribution in [3.8, 4) is 33.4 Å². The van der Waals surface area contributed by atoms with Crippen LogP contribution in [0.4, 0.5) is 0 Å². The molecule has 144 heavy (non-hydrogen) atoms. The quantitative estimate of drug-likeness (QED) is 0.00973. The second-order valence-electron chi connectivity index (χ2n) is 39.9. The number of carbonyl (C=O) groups excluding carboxylic acids is 9. The van der Waals surface area contributed by atoms with Crippen LogP contribution in [-0.2, 0) is 95.5 Å². The molecule has 3 aliphatic carbocycles. The van der Waals surface area contributed by atoms with E-state index >= 15 is 0 Å². The lowest BCUT2D eigenvalue weighted by Gasteiger charge is -2.18. The maximum atomic E-state index is 12.4. The normalized spacial score (nSPS) is 13.1. The van der Waals surface area contributed by atoms with Gasteiger partial charge in [0.2, 0.25) is 0 Å². The Morgan fingerprint density at radius 1 is 0.278 bits per heavy atom. The monoisotopic (exact) mass is 2070 g/mol. The Kier molecular flexibility index (Phi) is 67.4. The summed E-state index contributed by atoms with van der Waals surface area (Å²) in [4.78, 5) is 144. The Morgan fingerprint density at radius 3 is 0.660 bits per heavy atom. The average Bonchev–Trinajstić information content (AvgIpc) is 1.63. The number of esters is 7. The van der Waals surface area contributed by atoms with Gasteiger partial charge in [-0.05, 0) is 227 Å². The number of ether oxygens (including phenoxy) is 7. The molecule has 30 heteroatoms. The van der Waals surface area contributed by atoms with Crippen molar-refractivity contribution in [2.75, 3.05) is 86.3 Å². The number of benzene rings is 6. The van der Waals surface area contributed by atoms with Crippen LogP contribution >= 0.6 is 15.9 Å². The first-order valence-electron chi connectivity index (χ1n) is 50.4. The number of nitrogens with two attached hydrogens (primary N) is 5. The molecule has 0 fully saturated rings. The highest BCUT2D eigenvalue weighted by molar-refractivity contribution is 9.09. The molecule has 0 spiro atoms. The summed E-state index contributed by atoms with van der Waals surface area (Å²) in [5.41, 5.74) is 41.4. The minimum atomic E-state index is -0.868. The molecule has 0 heterocycles. The van der Waals surface area contributed by atoms with Gasteiger partial charge in [0.25, 0.3) is 0 Å². The SMILES string of the molecule is CC(=O)OCC1c2ccccc2-c2ccccc21.CC(C)C[C@@H](CC(=O)O)CC(=O)OCC1c2ccccc2-c2ccccc21.CC(C)C[C@@H](CC(=O)O)CC(=O)OCC1c2ccccc2-c2ccccc21.CC(C)C[C@H](CN)CC(=O)O.COC(=O)C[C@@H](CCC(=O)CN)CC(C)C.COC(=O)C[C@@H](CCC(=O)CN)CC(C)C.COC(=O)C[C@@H](CN)CC(C)C.COC(=O)C[C@@H](CN)CC(C)C.O=C(O)CBr. The average molecular weight is 2070 g/mol. The van der Waals surface area contributed by atoms with Crippen molar-refractivity contribution in [2.24, 2.45) is 112 Å². The van der Waals surface area contributed by atoms with Gasteiger partial charge in [0, 0.05) is 95.3 Å². The van der Waals surface area contributed by atoms with Crippen molar-refractivity contribution >= 4 is 93.2 Å². The predicted molar refractivity (Wildman–Crippen MR) is 568 cm³/mol. The van der Waals surface area contributed by atoms with Gasteiger partial charge < -0.3 is 82.3 Å². The smallest absolute Gasteiger partial charge is 0.314 e. The lowest BCUT2D eigenvalue weighted by molar-refractivity contribution is -0.147. The second kappa shape index (κ2) is 74.1. The number of carbonyl (C=O) groups is 13. The van der Waals surface area contributed by atoms with Gasteiger partial charge in [-0.1, -0.05) is 258 Å². The molecule has 14 N–H and O–H groups in total. The van der Waals surface area contributed by atoms with E-state index < -0.39 is 23.9 Å². The summed E-state index contributed by atoms with van der Waals surface area (Å²) in [5.74, 6) is -0.355. The Labute approximate surface area is 864 Å². The number of hydrogen-bond acceptors (Lipinski definition) is 25. The summed E-state index contributed by atoms with van der Waals surface area (Å²) < 4.78 is 34.8. The van der Waals surface area contributed by atoms with E-state index in [2.05, 4.69) is 177 Å². The number of fused-ring (bicyclic) bond motifs is 9. The van der Waals surface area contributed by atoms with Crippen LogP contribution in [0.3, 0.4) is 0 Å². The van der Waals surface area contributed by atoms with Crippen LogP contribution in [0.5, 0.6) is 0 Å². The third-order valence-electron chi connectivity index (χ3n) is 24.1. The van der Waals surface area contributed by atoms with Crippen LogP contribution in [0, 0.1) is 82.9 Å². The number of Topliss-reactive ketones (excluding diaryl/α,β-unsaturated/α-hetero) is 2. The van der Waals surface area contributed by atoms with Gasteiger partial charge in [0.1, 0.15) is 36.7 Å². The van der Waals surface area contributed by atoms with Crippen LogP contribution in [0.2, 0.25) is 0 Å². The summed E-state index contributed by atoms with van der Waals surface area (Å²) in [7, 11) is 5.59. The number of ketones is 2. The molecule has 29 nitrogen and oxygen atoms in total. The van der Waals surface area contributed by atoms with Gasteiger partial charge in [0.05, 0.1) is 41.5 Å². The lowest BCUT2D eigenvalue weighted by Crippen LogP contribution is -2.20. The highest BCUT2D eigenvalue weighted by Crippen LogP contribution is 2.48. The van der Waals surface area contributed by atoms with E-state index in [0.29, 0.717) is 119 Å². The van der Waals surface area contributed by atoms with E-state index in [0.717, 1.165) is 44.9 Å².